The zero-order valence-electron chi connectivity index (χ0n) is 14.2. The molecule has 2 N–H and O–H groups in total. The van der Waals surface area contributed by atoms with Gasteiger partial charge in [-0.15, -0.1) is 11.3 Å². The average Bonchev–Trinajstić information content (AvgIpc) is 3.17. The van der Waals surface area contributed by atoms with Crippen LogP contribution in [0.3, 0.4) is 0 Å². The van der Waals surface area contributed by atoms with Crippen LogP contribution in [0.1, 0.15) is 22.4 Å². The number of H-pyrrole nitrogens is 1. The Kier molecular flexibility index (Phi) is 5.45. The number of thiophene rings is 1. The fourth-order valence-corrected chi connectivity index (χ4v) is 3.58. The van der Waals surface area contributed by atoms with Crippen molar-refractivity contribution >= 4 is 29.5 Å². The lowest BCUT2D eigenvalue weighted by atomic mass is 10.1. The number of aromatic amines is 1. The molecule has 130 valence electrons. The molecule has 7 heteroatoms. The number of hydrogen-bond acceptors (Lipinski definition) is 4. The highest BCUT2D eigenvalue weighted by atomic mass is 32.1. The second kappa shape index (κ2) is 7.76. The molecule has 0 atom stereocenters. The van der Waals surface area contributed by atoms with Crippen molar-refractivity contribution in [2.75, 3.05) is 0 Å². The van der Waals surface area contributed by atoms with E-state index >= 15 is 0 Å². The van der Waals surface area contributed by atoms with Crippen LogP contribution in [0.15, 0.2) is 35.7 Å². The van der Waals surface area contributed by atoms with Gasteiger partial charge in [0.05, 0.1) is 6.54 Å². The smallest absolute Gasteiger partial charge is 0.222 e. The van der Waals surface area contributed by atoms with E-state index in [0.717, 1.165) is 11.4 Å². The Bertz CT molecular complexity index is 921. The number of nitrogens with zero attached hydrogens (tertiary/aromatic N) is 2. The first-order chi connectivity index (χ1) is 12.0. The maximum absolute atomic E-state index is 12.2. The van der Waals surface area contributed by atoms with Gasteiger partial charge in [0.15, 0.2) is 10.6 Å². The second-order valence-corrected chi connectivity index (χ2v) is 7.31. The summed E-state index contributed by atoms with van der Waals surface area (Å²) in [4.78, 5) is 13.4. The topological polar surface area (TPSA) is 62.7 Å². The van der Waals surface area contributed by atoms with Crippen LogP contribution in [0, 0.1) is 18.6 Å². The molecule has 0 radical (unpaired) electrons. The Labute approximate surface area is 155 Å². The van der Waals surface area contributed by atoms with Gasteiger partial charge in [0.2, 0.25) is 5.91 Å². The zero-order valence-corrected chi connectivity index (χ0v) is 15.8. The summed E-state index contributed by atoms with van der Waals surface area (Å²) in [7, 11) is 0. The van der Waals surface area contributed by atoms with E-state index < -0.39 is 0 Å². The fourth-order valence-electron chi connectivity index (χ4n) is 2.51. The molecule has 0 aliphatic heterocycles. The Balaban J connectivity index is 1.64. The highest BCUT2D eigenvalue weighted by Gasteiger charge is 2.11. The molecule has 5 nitrogen and oxygen atoms in total. The monoisotopic (exact) mass is 372 g/mol. The van der Waals surface area contributed by atoms with Gasteiger partial charge in [0.1, 0.15) is 0 Å². The molecule has 0 bridgehead atoms. The second-order valence-electron chi connectivity index (χ2n) is 5.92. The van der Waals surface area contributed by atoms with Crippen molar-refractivity contribution < 1.29 is 4.79 Å². The third kappa shape index (κ3) is 4.24. The van der Waals surface area contributed by atoms with Crippen LogP contribution >= 0.6 is 23.6 Å². The minimum atomic E-state index is 0.00533. The third-order valence-corrected chi connectivity index (χ3v) is 5.38. The highest BCUT2D eigenvalue weighted by Crippen LogP contribution is 2.18. The molecular weight excluding hydrogens is 352 g/mol. The van der Waals surface area contributed by atoms with Gasteiger partial charge in [0, 0.05) is 23.4 Å². The van der Waals surface area contributed by atoms with E-state index in [1.807, 2.05) is 41.1 Å². The van der Waals surface area contributed by atoms with Gasteiger partial charge in [-0.05, 0) is 43.1 Å². The van der Waals surface area contributed by atoms with Gasteiger partial charge in [0.25, 0.3) is 0 Å². The largest absolute Gasteiger partial charge is 0.351 e. The van der Waals surface area contributed by atoms with Gasteiger partial charge in [-0.3, -0.25) is 14.5 Å². The number of carbonyl (C=O) groups excluding carboxylic acids is 1. The Hall–Kier alpha value is -2.25. The van der Waals surface area contributed by atoms with Gasteiger partial charge in [-0.1, -0.05) is 29.8 Å². The predicted molar refractivity (Wildman–Crippen MR) is 103 cm³/mol. The fraction of sp³-hybridized carbons (Fsp3) is 0.278. The van der Waals surface area contributed by atoms with Gasteiger partial charge in [-0.2, -0.15) is 5.10 Å². The molecule has 0 fully saturated rings. The molecule has 0 spiro atoms. The lowest BCUT2D eigenvalue weighted by molar-refractivity contribution is -0.121. The first kappa shape index (κ1) is 17.6. The first-order valence-corrected chi connectivity index (χ1v) is 9.35. The number of hydrogen-bond donors (Lipinski definition) is 2. The lowest BCUT2D eigenvalue weighted by Gasteiger charge is -2.08. The summed E-state index contributed by atoms with van der Waals surface area (Å²) >= 11 is 6.97. The molecule has 2 heterocycles. The van der Waals surface area contributed by atoms with Crippen molar-refractivity contribution in [3.8, 4) is 11.4 Å². The molecule has 25 heavy (non-hydrogen) atoms. The molecule has 3 aromatic rings. The minimum absolute atomic E-state index is 0.00533. The number of benzene rings is 1. The van der Waals surface area contributed by atoms with Crippen molar-refractivity contribution in [3.05, 3.63) is 56.5 Å². The molecule has 0 unspecified atom stereocenters. The number of nitrogens with one attached hydrogen (secondary N) is 2. The van der Waals surface area contributed by atoms with Crippen LogP contribution in [0.2, 0.25) is 0 Å². The van der Waals surface area contributed by atoms with E-state index in [1.54, 1.807) is 11.3 Å². The summed E-state index contributed by atoms with van der Waals surface area (Å²) in [5.41, 5.74) is 3.38. The summed E-state index contributed by atoms with van der Waals surface area (Å²) in [5, 5.41) is 12.1. The summed E-state index contributed by atoms with van der Waals surface area (Å²) in [6, 6.07) is 10.2. The zero-order chi connectivity index (χ0) is 17.8. The SMILES string of the molecule is Cc1ccc(-c2n[nH]c(=S)n2CCC(=O)NCc2sccc2C)cc1. The number of aryl methyl sites for hydroxylation is 2. The standard InChI is InChI=1S/C18H20N4OS2/c1-12-3-5-14(6-4-12)17-20-21-18(24)22(17)9-7-16(23)19-11-15-13(2)8-10-25-15/h3-6,8,10H,7,9,11H2,1-2H3,(H,19,23)(H,21,24). The van der Waals surface area contributed by atoms with Crippen LogP contribution < -0.4 is 5.32 Å². The summed E-state index contributed by atoms with van der Waals surface area (Å²) < 4.78 is 2.40. The van der Waals surface area contributed by atoms with E-state index in [1.165, 1.54) is 16.0 Å². The molecule has 2 aromatic heterocycles. The summed E-state index contributed by atoms with van der Waals surface area (Å²) in [6.45, 7) is 5.16. The van der Waals surface area contributed by atoms with Crippen LogP contribution in [0.25, 0.3) is 11.4 Å². The van der Waals surface area contributed by atoms with Crippen LogP contribution in [-0.4, -0.2) is 20.7 Å². The molecule has 1 aromatic carbocycles. The minimum Gasteiger partial charge on any atom is -0.351 e. The van der Waals surface area contributed by atoms with Gasteiger partial charge in [-0.25, -0.2) is 0 Å². The summed E-state index contributed by atoms with van der Waals surface area (Å²) in [6.07, 6.45) is 0.358. The Morgan fingerprint density at radius 3 is 2.72 bits per heavy atom. The molecule has 0 saturated carbocycles. The molecule has 0 aliphatic rings. The van der Waals surface area contributed by atoms with Crippen molar-refractivity contribution in [3.63, 3.8) is 0 Å². The number of carbonyl (C=O) groups is 1. The quantitative estimate of drug-likeness (QED) is 0.643. The highest BCUT2D eigenvalue weighted by molar-refractivity contribution is 7.71. The molecular formula is C18H20N4OS2. The van der Waals surface area contributed by atoms with E-state index in [0.29, 0.717) is 24.3 Å². The van der Waals surface area contributed by atoms with Crippen LogP contribution in [0.5, 0.6) is 0 Å². The Morgan fingerprint density at radius 1 is 1.28 bits per heavy atom. The lowest BCUT2D eigenvalue weighted by Crippen LogP contribution is -2.24. The third-order valence-electron chi connectivity index (χ3n) is 4.04. The summed E-state index contributed by atoms with van der Waals surface area (Å²) in [5.74, 6) is 0.762. The molecule has 0 aliphatic carbocycles. The van der Waals surface area contributed by atoms with Crippen molar-refractivity contribution in [2.24, 2.45) is 0 Å². The number of amides is 1. The van der Waals surface area contributed by atoms with Gasteiger partial charge >= 0.3 is 0 Å². The molecule has 1 amide bonds. The van der Waals surface area contributed by atoms with E-state index in [2.05, 4.69) is 28.5 Å². The normalized spacial score (nSPS) is 10.8. The van der Waals surface area contributed by atoms with Crippen molar-refractivity contribution in [1.29, 1.82) is 0 Å². The number of rotatable bonds is 6. The predicted octanol–water partition coefficient (Wildman–Crippen LogP) is 3.99. The first-order valence-electron chi connectivity index (χ1n) is 8.06. The van der Waals surface area contributed by atoms with Crippen molar-refractivity contribution in [2.45, 2.75) is 33.4 Å². The van der Waals surface area contributed by atoms with E-state index in [-0.39, 0.29) is 5.91 Å². The van der Waals surface area contributed by atoms with Gasteiger partial charge < -0.3 is 5.32 Å². The Morgan fingerprint density at radius 2 is 2.04 bits per heavy atom. The average molecular weight is 373 g/mol. The molecule has 3 rings (SSSR count). The molecule has 0 saturated heterocycles. The van der Waals surface area contributed by atoms with E-state index in [4.69, 9.17) is 12.2 Å². The maximum atomic E-state index is 12.2. The van der Waals surface area contributed by atoms with E-state index in [9.17, 15) is 4.79 Å². The van der Waals surface area contributed by atoms with Crippen LogP contribution in [-0.2, 0) is 17.9 Å². The van der Waals surface area contributed by atoms with Crippen molar-refractivity contribution in [1.82, 2.24) is 20.1 Å². The van der Waals surface area contributed by atoms with Crippen LogP contribution in [0.4, 0.5) is 0 Å². The maximum Gasteiger partial charge on any atom is 0.222 e. The number of aromatic nitrogens is 3.